The van der Waals surface area contributed by atoms with E-state index in [2.05, 4.69) is 36.3 Å². The third kappa shape index (κ3) is 3.37. The van der Waals surface area contributed by atoms with Crippen LogP contribution >= 0.6 is 0 Å². The molecule has 0 spiro atoms. The first-order valence-corrected chi connectivity index (χ1v) is 6.97. The predicted octanol–water partition coefficient (Wildman–Crippen LogP) is 3.73. The van der Waals surface area contributed by atoms with Crippen LogP contribution in [0.1, 0.15) is 50.0 Å². The smallest absolute Gasteiger partial charge is 0.0568 e. The van der Waals surface area contributed by atoms with Crippen molar-refractivity contribution >= 4 is 0 Å². The molecule has 0 bridgehead atoms. The molecule has 1 fully saturated rings. The monoisotopic (exact) mass is 242 g/mol. The highest BCUT2D eigenvalue weighted by Crippen LogP contribution is 2.38. The maximum absolute atomic E-state index is 10.1. The van der Waals surface area contributed by atoms with E-state index in [0.717, 1.165) is 38.5 Å². The molecular weight excluding hydrogens is 220 g/mol. The number of unbranched alkanes of at least 4 members (excludes halogenated alkanes) is 1. The number of aliphatic hydroxyl groups is 1. The van der Waals surface area contributed by atoms with Gasteiger partial charge in [-0.25, -0.2) is 0 Å². The van der Waals surface area contributed by atoms with Crippen molar-refractivity contribution in [1.29, 1.82) is 0 Å². The fourth-order valence-electron chi connectivity index (χ4n) is 3.05. The van der Waals surface area contributed by atoms with Crippen molar-refractivity contribution in [2.75, 3.05) is 0 Å². The van der Waals surface area contributed by atoms with Crippen LogP contribution < -0.4 is 0 Å². The summed E-state index contributed by atoms with van der Waals surface area (Å²) < 4.78 is 0. The molecule has 1 aliphatic rings. The van der Waals surface area contributed by atoms with Crippen molar-refractivity contribution in [2.24, 2.45) is 5.92 Å². The Kier molecular flexibility index (Phi) is 4.84. The minimum absolute atomic E-state index is 0.122. The molecule has 1 saturated carbocycles. The normalized spacial score (nSPS) is 27.7. The molecule has 2 rings (SSSR count). The molecule has 18 heavy (non-hydrogen) atoms. The molecule has 0 radical (unpaired) electrons. The van der Waals surface area contributed by atoms with Crippen molar-refractivity contribution in [3.63, 3.8) is 0 Å². The Labute approximate surface area is 110 Å². The minimum Gasteiger partial charge on any atom is -0.393 e. The lowest BCUT2D eigenvalue weighted by molar-refractivity contribution is 0.0565. The Balaban J connectivity index is 1.94. The maximum Gasteiger partial charge on any atom is 0.0568 e. The van der Waals surface area contributed by atoms with Gasteiger partial charge in [0.1, 0.15) is 0 Å². The van der Waals surface area contributed by atoms with Gasteiger partial charge in [-0.05, 0) is 49.5 Å². The molecule has 0 aromatic heterocycles. The van der Waals surface area contributed by atoms with Gasteiger partial charge < -0.3 is 5.11 Å². The molecule has 1 N–H and O–H groups in total. The van der Waals surface area contributed by atoms with Crippen LogP contribution in [-0.4, -0.2) is 11.2 Å². The molecule has 0 heterocycles. The summed E-state index contributed by atoms with van der Waals surface area (Å²) in [5, 5.41) is 10.1. The molecule has 1 nitrogen and oxygen atoms in total. The Morgan fingerprint density at radius 1 is 1.22 bits per heavy atom. The van der Waals surface area contributed by atoms with E-state index >= 15 is 0 Å². The van der Waals surface area contributed by atoms with Crippen LogP contribution in [-0.2, 0) is 0 Å². The number of benzene rings is 1. The SMILES string of the molecule is C#CCCCC1CC(c2ccccc2)CCC1O. The fraction of sp³-hybridized carbons (Fsp3) is 0.529. The summed E-state index contributed by atoms with van der Waals surface area (Å²) in [7, 11) is 0. The maximum atomic E-state index is 10.1. The van der Waals surface area contributed by atoms with Crippen molar-refractivity contribution in [3.8, 4) is 12.3 Å². The van der Waals surface area contributed by atoms with Crippen molar-refractivity contribution < 1.29 is 5.11 Å². The highest BCUT2D eigenvalue weighted by Gasteiger charge is 2.29. The lowest BCUT2D eigenvalue weighted by Crippen LogP contribution is -2.28. The summed E-state index contributed by atoms with van der Waals surface area (Å²) in [4.78, 5) is 0. The van der Waals surface area contributed by atoms with Crippen LogP contribution in [0.15, 0.2) is 30.3 Å². The summed E-state index contributed by atoms with van der Waals surface area (Å²) >= 11 is 0. The van der Waals surface area contributed by atoms with Gasteiger partial charge in [0.15, 0.2) is 0 Å². The Morgan fingerprint density at radius 2 is 2.00 bits per heavy atom. The van der Waals surface area contributed by atoms with Crippen molar-refractivity contribution in [3.05, 3.63) is 35.9 Å². The van der Waals surface area contributed by atoms with Gasteiger partial charge in [0.05, 0.1) is 6.10 Å². The largest absolute Gasteiger partial charge is 0.393 e. The first-order valence-electron chi connectivity index (χ1n) is 6.97. The summed E-state index contributed by atoms with van der Waals surface area (Å²) in [6.07, 6.45) is 11.2. The summed E-state index contributed by atoms with van der Waals surface area (Å²) in [6.45, 7) is 0. The van der Waals surface area contributed by atoms with Gasteiger partial charge in [0.2, 0.25) is 0 Å². The quantitative estimate of drug-likeness (QED) is 0.630. The summed E-state index contributed by atoms with van der Waals surface area (Å²) in [5.41, 5.74) is 1.42. The highest BCUT2D eigenvalue weighted by molar-refractivity contribution is 5.20. The van der Waals surface area contributed by atoms with Crippen LogP contribution in [0, 0.1) is 18.3 Å². The van der Waals surface area contributed by atoms with Gasteiger partial charge >= 0.3 is 0 Å². The van der Waals surface area contributed by atoms with Crippen molar-refractivity contribution in [2.45, 2.75) is 50.5 Å². The average molecular weight is 242 g/mol. The highest BCUT2D eigenvalue weighted by atomic mass is 16.3. The van der Waals surface area contributed by atoms with Gasteiger partial charge in [-0.2, -0.15) is 0 Å². The molecule has 1 aromatic carbocycles. The Morgan fingerprint density at radius 3 is 2.72 bits per heavy atom. The molecule has 0 aliphatic heterocycles. The van der Waals surface area contributed by atoms with Gasteiger partial charge in [0.25, 0.3) is 0 Å². The molecule has 1 aromatic rings. The summed E-state index contributed by atoms with van der Waals surface area (Å²) in [5.74, 6) is 3.73. The Bertz CT molecular complexity index is 390. The molecule has 3 atom stereocenters. The zero-order valence-electron chi connectivity index (χ0n) is 10.9. The third-order valence-electron chi connectivity index (χ3n) is 4.11. The molecule has 1 aliphatic carbocycles. The second-order valence-electron chi connectivity index (χ2n) is 5.34. The van der Waals surface area contributed by atoms with E-state index in [0.29, 0.717) is 11.8 Å². The average Bonchev–Trinajstić information content (AvgIpc) is 2.42. The number of hydrogen-bond acceptors (Lipinski definition) is 1. The van der Waals surface area contributed by atoms with Gasteiger partial charge in [-0.3, -0.25) is 0 Å². The second-order valence-corrected chi connectivity index (χ2v) is 5.34. The Hall–Kier alpha value is -1.26. The standard InChI is InChI=1S/C17H22O/c1-2-3-5-10-16-13-15(11-12-17(16)18)14-8-6-4-7-9-14/h1,4,6-9,15-18H,3,5,10-13H2. The van der Waals surface area contributed by atoms with E-state index in [-0.39, 0.29) is 6.10 Å². The van der Waals surface area contributed by atoms with Crippen LogP contribution in [0.2, 0.25) is 0 Å². The number of hydrogen-bond donors (Lipinski definition) is 1. The number of terminal acetylenes is 1. The topological polar surface area (TPSA) is 20.2 Å². The zero-order valence-corrected chi connectivity index (χ0v) is 10.9. The number of aliphatic hydroxyl groups excluding tert-OH is 1. The number of rotatable bonds is 4. The summed E-state index contributed by atoms with van der Waals surface area (Å²) in [6, 6.07) is 10.7. The lowest BCUT2D eigenvalue weighted by atomic mass is 9.74. The van der Waals surface area contributed by atoms with Crippen molar-refractivity contribution in [1.82, 2.24) is 0 Å². The second kappa shape index (κ2) is 6.61. The van der Waals surface area contributed by atoms with Crippen LogP contribution in [0.25, 0.3) is 0 Å². The van der Waals surface area contributed by atoms with E-state index in [9.17, 15) is 5.11 Å². The van der Waals surface area contributed by atoms with Crippen LogP contribution in [0.3, 0.4) is 0 Å². The van der Waals surface area contributed by atoms with E-state index in [4.69, 9.17) is 6.42 Å². The molecule has 3 unspecified atom stereocenters. The van der Waals surface area contributed by atoms with E-state index in [1.54, 1.807) is 0 Å². The predicted molar refractivity (Wildman–Crippen MR) is 75.2 cm³/mol. The van der Waals surface area contributed by atoms with Crippen LogP contribution in [0.5, 0.6) is 0 Å². The van der Waals surface area contributed by atoms with Gasteiger partial charge in [0, 0.05) is 6.42 Å². The zero-order chi connectivity index (χ0) is 12.8. The fourth-order valence-corrected chi connectivity index (χ4v) is 3.05. The van der Waals surface area contributed by atoms with Gasteiger partial charge in [-0.15, -0.1) is 12.3 Å². The van der Waals surface area contributed by atoms with E-state index < -0.39 is 0 Å². The molecule has 96 valence electrons. The first kappa shape index (κ1) is 13.2. The molecule has 1 heteroatoms. The first-order chi connectivity index (χ1) is 8.81. The van der Waals surface area contributed by atoms with Gasteiger partial charge in [-0.1, -0.05) is 30.3 Å². The minimum atomic E-state index is -0.122. The molecular formula is C17H22O. The van der Waals surface area contributed by atoms with Crippen LogP contribution in [0.4, 0.5) is 0 Å². The molecule has 0 saturated heterocycles. The molecule has 0 amide bonds. The third-order valence-corrected chi connectivity index (χ3v) is 4.11. The van der Waals surface area contributed by atoms with E-state index in [1.807, 2.05) is 0 Å². The van der Waals surface area contributed by atoms with E-state index in [1.165, 1.54) is 5.56 Å². The lowest BCUT2D eigenvalue weighted by Gasteiger charge is -2.33.